The van der Waals surface area contributed by atoms with Crippen LogP contribution in [-0.2, 0) is 17.7 Å². The molecule has 208 valence electrons. The summed E-state index contributed by atoms with van der Waals surface area (Å²) < 4.78 is 20.7. The second kappa shape index (κ2) is 11.1. The summed E-state index contributed by atoms with van der Waals surface area (Å²) in [7, 11) is 0. The molecule has 1 aliphatic rings. The number of hydrogen-bond donors (Lipinski definition) is 1. The first kappa shape index (κ1) is 27.3. The molecule has 1 fully saturated rings. The third kappa shape index (κ3) is 5.84. The van der Waals surface area contributed by atoms with Gasteiger partial charge >= 0.3 is 6.09 Å². The maximum atomic E-state index is 13.4. The molecular formula is C28H31FN8O2S. The normalized spacial score (nSPS) is 13.9. The Morgan fingerprint density at radius 3 is 2.52 bits per heavy atom. The number of hydrogen-bond acceptors (Lipinski definition) is 9. The van der Waals surface area contributed by atoms with Gasteiger partial charge in [0.15, 0.2) is 5.65 Å². The summed E-state index contributed by atoms with van der Waals surface area (Å²) >= 11 is 1.30. The summed E-state index contributed by atoms with van der Waals surface area (Å²) in [6.45, 7) is 10.4. The van der Waals surface area contributed by atoms with Gasteiger partial charge in [-0.2, -0.15) is 10.4 Å². The Kier molecular flexibility index (Phi) is 7.58. The third-order valence-corrected chi connectivity index (χ3v) is 7.40. The van der Waals surface area contributed by atoms with Crippen molar-refractivity contribution in [3.63, 3.8) is 0 Å². The number of halogens is 1. The van der Waals surface area contributed by atoms with Gasteiger partial charge in [-0.1, -0.05) is 6.92 Å². The van der Waals surface area contributed by atoms with Gasteiger partial charge in [-0.3, -0.25) is 0 Å². The minimum atomic E-state index is -0.527. The van der Waals surface area contributed by atoms with Gasteiger partial charge < -0.3 is 19.9 Å². The molecule has 12 heteroatoms. The van der Waals surface area contributed by atoms with Crippen molar-refractivity contribution < 1.29 is 13.9 Å². The van der Waals surface area contributed by atoms with Gasteiger partial charge in [-0.15, -0.1) is 11.3 Å². The highest BCUT2D eigenvalue weighted by atomic mass is 32.1. The average Bonchev–Trinajstić information content (AvgIpc) is 3.51. The summed E-state index contributed by atoms with van der Waals surface area (Å²) in [5.41, 5.74) is 3.10. The lowest BCUT2D eigenvalue weighted by molar-refractivity contribution is 0.0240. The van der Waals surface area contributed by atoms with E-state index in [0.717, 1.165) is 22.2 Å². The van der Waals surface area contributed by atoms with Crippen molar-refractivity contribution in [3.05, 3.63) is 57.9 Å². The minimum absolute atomic E-state index is 0.297. The molecule has 1 aliphatic heterocycles. The van der Waals surface area contributed by atoms with Gasteiger partial charge in [0, 0.05) is 37.9 Å². The fourth-order valence-electron chi connectivity index (χ4n) is 4.50. The molecule has 1 amide bonds. The fraction of sp³-hybridized carbons (Fsp3) is 0.393. The lowest BCUT2D eigenvalue weighted by atomic mass is 10.1. The molecule has 0 atom stereocenters. The Bertz CT molecular complexity index is 1560. The predicted molar refractivity (Wildman–Crippen MR) is 152 cm³/mol. The molecule has 1 saturated heterocycles. The molecule has 0 radical (unpaired) electrons. The highest BCUT2D eigenvalue weighted by Crippen LogP contribution is 2.30. The number of fused-ring (bicyclic) bond motifs is 1. The van der Waals surface area contributed by atoms with Crippen LogP contribution in [0.2, 0.25) is 0 Å². The number of ether oxygens (including phenoxy) is 1. The van der Waals surface area contributed by atoms with Gasteiger partial charge in [-0.05, 0) is 57.5 Å². The van der Waals surface area contributed by atoms with Crippen LogP contribution in [0.4, 0.5) is 20.7 Å². The number of amides is 1. The zero-order valence-electron chi connectivity index (χ0n) is 22.9. The van der Waals surface area contributed by atoms with Crippen molar-refractivity contribution >= 4 is 34.6 Å². The molecule has 5 rings (SSSR count). The molecule has 0 unspecified atom stereocenters. The maximum Gasteiger partial charge on any atom is 0.410 e. The quantitative estimate of drug-likeness (QED) is 0.346. The maximum absolute atomic E-state index is 13.4. The number of nitriles is 1. The summed E-state index contributed by atoms with van der Waals surface area (Å²) in [4.78, 5) is 26.4. The molecule has 0 bridgehead atoms. The van der Waals surface area contributed by atoms with Crippen LogP contribution in [0.3, 0.4) is 0 Å². The summed E-state index contributed by atoms with van der Waals surface area (Å²) in [5, 5.41) is 18.5. The third-order valence-electron chi connectivity index (χ3n) is 6.44. The highest BCUT2D eigenvalue weighted by molar-refractivity contribution is 7.12. The van der Waals surface area contributed by atoms with Crippen LogP contribution >= 0.6 is 11.3 Å². The van der Waals surface area contributed by atoms with E-state index in [4.69, 9.17) is 14.8 Å². The summed E-state index contributed by atoms with van der Waals surface area (Å²) in [5.74, 6) is 0.470. The molecule has 0 aliphatic carbocycles. The minimum Gasteiger partial charge on any atom is -0.444 e. The zero-order chi connectivity index (χ0) is 28.4. The molecule has 3 aromatic heterocycles. The van der Waals surface area contributed by atoms with Crippen molar-refractivity contribution in [2.24, 2.45) is 0 Å². The predicted octanol–water partition coefficient (Wildman–Crippen LogP) is 5.10. The van der Waals surface area contributed by atoms with Gasteiger partial charge in [0.25, 0.3) is 0 Å². The molecule has 1 N–H and O–H groups in total. The van der Waals surface area contributed by atoms with Gasteiger partial charge in [-0.25, -0.2) is 23.7 Å². The first-order valence-corrected chi connectivity index (χ1v) is 14.0. The van der Waals surface area contributed by atoms with Crippen LogP contribution < -0.4 is 10.2 Å². The van der Waals surface area contributed by atoms with E-state index in [1.165, 1.54) is 23.5 Å². The van der Waals surface area contributed by atoms with E-state index in [2.05, 4.69) is 21.3 Å². The molecule has 40 heavy (non-hydrogen) atoms. The number of nitrogens with one attached hydrogen (secondary N) is 1. The Balaban J connectivity index is 1.33. The lowest BCUT2D eigenvalue weighted by Crippen LogP contribution is -2.50. The number of nitrogens with zero attached hydrogens (tertiary/aromatic N) is 7. The standard InChI is InChI=1S/C28H31FN8O2S/c1-5-20-25(31-17-23-33-24(21(16-30)40-23)18-6-8-19(29)9-7-18)26-32-22(10-11-37(26)34-20)35-12-14-36(15-13-35)27(38)39-28(2,3)4/h6-11,31H,5,12-15,17H2,1-4H3. The Morgan fingerprint density at radius 2 is 1.88 bits per heavy atom. The van der Waals surface area contributed by atoms with Crippen LogP contribution in [-0.4, -0.2) is 62.4 Å². The first-order valence-electron chi connectivity index (χ1n) is 13.2. The van der Waals surface area contributed by atoms with Crippen LogP contribution in [0.1, 0.15) is 43.3 Å². The molecule has 10 nitrogen and oxygen atoms in total. The highest BCUT2D eigenvalue weighted by Gasteiger charge is 2.27. The van der Waals surface area contributed by atoms with Crippen molar-refractivity contribution in [2.75, 3.05) is 36.4 Å². The van der Waals surface area contributed by atoms with E-state index >= 15 is 0 Å². The molecule has 0 spiro atoms. The number of thiazole rings is 1. The monoisotopic (exact) mass is 562 g/mol. The van der Waals surface area contributed by atoms with E-state index in [-0.39, 0.29) is 11.9 Å². The van der Waals surface area contributed by atoms with E-state index in [0.29, 0.717) is 60.9 Å². The van der Waals surface area contributed by atoms with Crippen molar-refractivity contribution in [1.82, 2.24) is 24.5 Å². The van der Waals surface area contributed by atoms with Crippen LogP contribution in [0.15, 0.2) is 36.5 Å². The number of aryl methyl sites for hydroxylation is 1. The molecule has 4 aromatic rings. The van der Waals surface area contributed by atoms with E-state index < -0.39 is 5.60 Å². The zero-order valence-corrected chi connectivity index (χ0v) is 23.8. The van der Waals surface area contributed by atoms with E-state index in [1.54, 1.807) is 21.5 Å². The van der Waals surface area contributed by atoms with Crippen LogP contribution in [0, 0.1) is 17.1 Å². The second-order valence-electron chi connectivity index (χ2n) is 10.4. The number of benzene rings is 1. The number of carbonyl (C=O) groups is 1. The topological polar surface area (TPSA) is 112 Å². The first-order chi connectivity index (χ1) is 19.1. The second-order valence-corrected chi connectivity index (χ2v) is 11.5. The van der Waals surface area contributed by atoms with Gasteiger partial charge in [0.05, 0.1) is 17.9 Å². The molecule has 4 heterocycles. The SMILES string of the molecule is CCc1nn2ccc(N3CCN(C(=O)OC(C)(C)C)CC3)nc2c1NCc1nc(-c2ccc(F)cc2)c(C#N)s1. The Labute approximate surface area is 236 Å². The number of anilines is 2. The average molecular weight is 563 g/mol. The smallest absolute Gasteiger partial charge is 0.410 e. The summed E-state index contributed by atoms with van der Waals surface area (Å²) in [6.07, 6.45) is 2.30. The number of rotatable bonds is 6. The molecule has 0 saturated carbocycles. The number of aromatic nitrogens is 4. The number of carbonyl (C=O) groups excluding carboxylic acids is 1. The largest absolute Gasteiger partial charge is 0.444 e. The Hall–Kier alpha value is -4.24. The van der Waals surface area contributed by atoms with Gasteiger partial charge in [0.1, 0.15) is 38.9 Å². The van der Waals surface area contributed by atoms with Crippen LogP contribution in [0.25, 0.3) is 16.9 Å². The van der Waals surface area contributed by atoms with Crippen molar-refractivity contribution in [2.45, 2.75) is 46.3 Å². The fourth-order valence-corrected chi connectivity index (χ4v) is 5.32. The van der Waals surface area contributed by atoms with E-state index in [1.807, 2.05) is 40.0 Å². The lowest BCUT2D eigenvalue weighted by Gasteiger charge is -2.36. The van der Waals surface area contributed by atoms with Crippen molar-refractivity contribution in [1.29, 1.82) is 5.26 Å². The van der Waals surface area contributed by atoms with Crippen molar-refractivity contribution in [3.8, 4) is 17.3 Å². The number of piperazine rings is 1. The van der Waals surface area contributed by atoms with E-state index in [9.17, 15) is 14.4 Å². The Morgan fingerprint density at radius 1 is 1.15 bits per heavy atom. The van der Waals surface area contributed by atoms with Gasteiger partial charge in [0.2, 0.25) is 0 Å². The summed E-state index contributed by atoms with van der Waals surface area (Å²) in [6, 6.07) is 10.1. The molecular weight excluding hydrogens is 531 g/mol. The van der Waals surface area contributed by atoms with Crippen LogP contribution in [0.5, 0.6) is 0 Å². The molecule has 1 aromatic carbocycles.